The van der Waals surface area contributed by atoms with E-state index in [9.17, 15) is 4.79 Å². The predicted molar refractivity (Wildman–Crippen MR) is 95.0 cm³/mol. The number of halogens is 3. The van der Waals surface area contributed by atoms with Crippen molar-refractivity contribution in [3.05, 3.63) is 33.8 Å². The molecule has 0 heterocycles. The maximum absolute atomic E-state index is 12.4. The molecule has 1 aliphatic carbocycles. The quantitative estimate of drug-likeness (QED) is 0.828. The van der Waals surface area contributed by atoms with Crippen LogP contribution >= 0.6 is 35.6 Å². The SMILES string of the molecule is CC(C)C(C)(CN)NC(=O)C1CC1c1cccc(Cl)c1Cl.Cl. The minimum atomic E-state index is -0.373. The van der Waals surface area contributed by atoms with Gasteiger partial charge in [-0.1, -0.05) is 49.2 Å². The van der Waals surface area contributed by atoms with Gasteiger partial charge in [-0.2, -0.15) is 0 Å². The lowest BCUT2D eigenvalue weighted by Gasteiger charge is -2.33. The Hall–Kier alpha value is -0.480. The van der Waals surface area contributed by atoms with E-state index >= 15 is 0 Å². The zero-order valence-electron chi connectivity index (χ0n) is 13.0. The van der Waals surface area contributed by atoms with Crippen LogP contribution in [-0.2, 0) is 4.79 Å². The first-order valence-electron chi connectivity index (χ1n) is 7.26. The molecule has 1 aromatic carbocycles. The number of nitrogens with two attached hydrogens (primary N) is 1. The second kappa shape index (κ2) is 7.39. The van der Waals surface area contributed by atoms with Gasteiger partial charge in [-0.25, -0.2) is 0 Å². The molecule has 0 aliphatic heterocycles. The van der Waals surface area contributed by atoms with Crippen molar-refractivity contribution < 1.29 is 4.79 Å². The summed E-state index contributed by atoms with van der Waals surface area (Å²) in [5.74, 6) is 0.451. The molecule has 0 bridgehead atoms. The van der Waals surface area contributed by atoms with Gasteiger partial charge in [0.15, 0.2) is 0 Å². The fraction of sp³-hybridized carbons (Fsp3) is 0.562. The average Bonchev–Trinajstić information content (AvgIpc) is 3.21. The topological polar surface area (TPSA) is 55.1 Å². The standard InChI is InChI=1S/C16H22Cl2N2O.ClH/c1-9(2)16(3,8-19)20-15(21)12-7-11(12)10-5-4-6-13(17)14(10)18;/h4-6,9,11-12H,7-8,19H2,1-3H3,(H,20,21);1H. The molecule has 3 atom stereocenters. The number of hydrogen-bond acceptors (Lipinski definition) is 2. The largest absolute Gasteiger partial charge is 0.349 e. The zero-order chi connectivity index (χ0) is 15.8. The Morgan fingerprint density at radius 3 is 2.64 bits per heavy atom. The Labute approximate surface area is 148 Å². The Kier molecular flexibility index (Phi) is 6.58. The van der Waals surface area contributed by atoms with Crippen molar-refractivity contribution in [3.8, 4) is 0 Å². The molecule has 1 fully saturated rings. The van der Waals surface area contributed by atoms with E-state index in [1.807, 2.05) is 19.1 Å². The third-order valence-corrected chi connectivity index (χ3v) is 5.45. The first-order valence-corrected chi connectivity index (χ1v) is 8.01. The highest BCUT2D eigenvalue weighted by atomic mass is 35.5. The molecule has 1 aliphatic rings. The van der Waals surface area contributed by atoms with Crippen LogP contribution < -0.4 is 11.1 Å². The van der Waals surface area contributed by atoms with Gasteiger partial charge in [0.05, 0.1) is 15.6 Å². The van der Waals surface area contributed by atoms with Crippen molar-refractivity contribution in [2.75, 3.05) is 6.54 Å². The van der Waals surface area contributed by atoms with Crippen LogP contribution in [0.2, 0.25) is 10.0 Å². The van der Waals surface area contributed by atoms with E-state index in [2.05, 4.69) is 19.2 Å². The van der Waals surface area contributed by atoms with Crippen LogP contribution in [-0.4, -0.2) is 18.0 Å². The van der Waals surface area contributed by atoms with Crippen LogP contribution in [0.5, 0.6) is 0 Å². The molecular weight excluding hydrogens is 343 g/mol. The van der Waals surface area contributed by atoms with Gasteiger partial charge in [-0.3, -0.25) is 4.79 Å². The summed E-state index contributed by atoms with van der Waals surface area (Å²) in [5, 5.41) is 4.19. The van der Waals surface area contributed by atoms with Gasteiger partial charge in [0.1, 0.15) is 0 Å². The summed E-state index contributed by atoms with van der Waals surface area (Å²) < 4.78 is 0. The number of carbonyl (C=O) groups excluding carboxylic acids is 1. The molecular formula is C16H23Cl3N2O. The van der Waals surface area contributed by atoms with Gasteiger partial charge in [0.2, 0.25) is 5.91 Å². The minimum Gasteiger partial charge on any atom is -0.349 e. The molecule has 1 amide bonds. The molecule has 0 saturated heterocycles. The zero-order valence-corrected chi connectivity index (χ0v) is 15.4. The smallest absolute Gasteiger partial charge is 0.224 e. The van der Waals surface area contributed by atoms with Crippen LogP contribution in [0.25, 0.3) is 0 Å². The van der Waals surface area contributed by atoms with Crippen LogP contribution in [0.1, 0.15) is 38.7 Å². The van der Waals surface area contributed by atoms with Crippen molar-refractivity contribution >= 4 is 41.5 Å². The van der Waals surface area contributed by atoms with Crippen LogP contribution in [0.4, 0.5) is 0 Å². The lowest BCUT2D eigenvalue weighted by molar-refractivity contribution is -0.124. The number of rotatable bonds is 5. The summed E-state index contributed by atoms with van der Waals surface area (Å²) in [6.07, 6.45) is 0.810. The number of hydrogen-bond donors (Lipinski definition) is 2. The van der Waals surface area contributed by atoms with E-state index in [1.165, 1.54) is 0 Å². The van der Waals surface area contributed by atoms with Crippen molar-refractivity contribution in [1.29, 1.82) is 0 Å². The first-order chi connectivity index (χ1) is 9.80. The molecule has 0 radical (unpaired) electrons. The highest BCUT2D eigenvalue weighted by Gasteiger charge is 2.46. The lowest BCUT2D eigenvalue weighted by atomic mass is 9.88. The molecule has 3 N–H and O–H groups in total. The third kappa shape index (κ3) is 3.88. The van der Waals surface area contributed by atoms with Crippen molar-refractivity contribution in [1.82, 2.24) is 5.32 Å². The molecule has 2 rings (SSSR count). The normalized spacial score (nSPS) is 22.7. The second-order valence-corrected chi connectivity index (χ2v) is 7.14. The molecule has 22 heavy (non-hydrogen) atoms. The van der Waals surface area contributed by atoms with Crippen molar-refractivity contribution in [3.63, 3.8) is 0 Å². The van der Waals surface area contributed by atoms with Crippen molar-refractivity contribution in [2.45, 2.75) is 38.6 Å². The van der Waals surface area contributed by atoms with Gasteiger partial charge < -0.3 is 11.1 Å². The molecule has 3 nitrogen and oxygen atoms in total. The summed E-state index contributed by atoms with van der Waals surface area (Å²) in [7, 11) is 0. The Morgan fingerprint density at radius 1 is 1.45 bits per heavy atom. The molecule has 1 saturated carbocycles. The highest BCUT2D eigenvalue weighted by molar-refractivity contribution is 6.42. The van der Waals surface area contributed by atoms with Gasteiger partial charge >= 0.3 is 0 Å². The van der Waals surface area contributed by atoms with E-state index in [4.69, 9.17) is 28.9 Å². The first kappa shape index (κ1) is 19.6. The monoisotopic (exact) mass is 364 g/mol. The van der Waals surface area contributed by atoms with Gasteiger partial charge in [0, 0.05) is 12.5 Å². The third-order valence-electron chi connectivity index (χ3n) is 4.62. The molecule has 124 valence electrons. The average molecular weight is 366 g/mol. The number of amides is 1. The van der Waals surface area contributed by atoms with E-state index in [0.717, 1.165) is 12.0 Å². The predicted octanol–water partition coefficient (Wildman–Crippen LogP) is 4.01. The highest BCUT2D eigenvalue weighted by Crippen LogP contribution is 2.50. The van der Waals surface area contributed by atoms with Gasteiger partial charge in [-0.05, 0) is 36.8 Å². The van der Waals surface area contributed by atoms with E-state index in [0.29, 0.717) is 16.6 Å². The summed E-state index contributed by atoms with van der Waals surface area (Å²) in [5.41, 5.74) is 6.40. The molecule has 3 unspecified atom stereocenters. The Morgan fingerprint density at radius 2 is 2.09 bits per heavy atom. The van der Waals surface area contributed by atoms with Crippen LogP contribution in [0.15, 0.2) is 18.2 Å². The summed E-state index contributed by atoms with van der Waals surface area (Å²) in [4.78, 5) is 12.4. The van der Waals surface area contributed by atoms with Crippen molar-refractivity contribution in [2.24, 2.45) is 17.6 Å². The summed E-state index contributed by atoms with van der Waals surface area (Å²) >= 11 is 12.3. The minimum absolute atomic E-state index is 0. The van der Waals surface area contributed by atoms with Gasteiger partial charge in [-0.15, -0.1) is 12.4 Å². The Balaban J connectivity index is 0.00000242. The molecule has 6 heteroatoms. The number of carbonyl (C=O) groups is 1. The molecule has 0 aromatic heterocycles. The maximum Gasteiger partial charge on any atom is 0.224 e. The summed E-state index contributed by atoms with van der Waals surface area (Å²) in [6.45, 7) is 6.53. The fourth-order valence-electron chi connectivity index (χ4n) is 2.44. The van der Waals surface area contributed by atoms with Crippen LogP contribution in [0.3, 0.4) is 0 Å². The fourth-order valence-corrected chi connectivity index (χ4v) is 2.89. The second-order valence-electron chi connectivity index (χ2n) is 6.36. The summed E-state index contributed by atoms with van der Waals surface area (Å²) in [6, 6.07) is 5.57. The van der Waals surface area contributed by atoms with Crippen LogP contribution in [0, 0.1) is 11.8 Å². The number of nitrogens with one attached hydrogen (secondary N) is 1. The van der Waals surface area contributed by atoms with E-state index < -0.39 is 0 Å². The maximum atomic E-state index is 12.4. The molecule has 1 aromatic rings. The number of benzene rings is 1. The molecule has 0 spiro atoms. The Bertz CT molecular complexity index is 550. The lowest BCUT2D eigenvalue weighted by Crippen LogP contribution is -2.55. The van der Waals surface area contributed by atoms with E-state index in [1.54, 1.807) is 6.07 Å². The van der Waals surface area contributed by atoms with Gasteiger partial charge in [0.25, 0.3) is 0 Å². The van der Waals surface area contributed by atoms with E-state index in [-0.39, 0.29) is 41.6 Å².